The zero-order valence-electron chi connectivity index (χ0n) is 17.3. The van der Waals surface area contributed by atoms with E-state index < -0.39 is 17.2 Å². The van der Waals surface area contributed by atoms with Gasteiger partial charge in [-0.15, -0.1) is 0 Å². The van der Waals surface area contributed by atoms with Crippen LogP contribution in [0.25, 0.3) is 5.65 Å². The molecule has 0 aliphatic carbocycles. The van der Waals surface area contributed by atoms with Crippen molar-refractivity contribution < 1.29 is 18.7 Å². The molecule has 1 atom stereocenters. The van der Waals surface area contributed by atoms with E-state index in [-0.39, 0.29) is 53.8 Å². The highest BCUT2D eigenvalue weighted by Gasteiger charge is 2.49. The van der Waals surface area contributed by atoms with Gasteiger partial charge in [0.05, 0.1) is 18.7 Å². The number of nitrogens with zero attached hydrogens (tertiary/aromatic N) is 3. The number of piperidine rings is 1. The molecule has 0 saturated carbocycles. The molecule has 1 amide bonds. The minimum Gasteiger partial charge on any atom is -0.385 e. The van der Waals surface area contributed by atoms with E-state index in [0.717, 1.165) is 25.8 Å². The maximum atomic E-state index is 15.4. The van der Waals surface area contributed by atoms with Crippen LogP contribution in [0.5, 0.6) is 0 Å². The number of aromatic nitrogens is 2. The van der Waals surface area contributed by atoms with Crippen molar-refractivity contribution in [2.24, 2.45) is 0 Å². The smallest absolute Gasteiger partial charge is 0.255 e. The fourth-order valence-corrected chi connectivity index (χ4v) is 5.06. The zero-order valence-corrected chi connectivity index (χ0v) is 18.9. The van der Waals surface area contributed by atoms with Crippen LogP contribution >= 0.6 is 15.9 Å². The number of nitrogens with one attached hydrogen (secondary N) is 1. The number of halogens is 3. The summed E-state index contributed by atoms with van der Waals surface area (Å²) >= 11 is 3.22. The van der Waals surface area contributed by atoms with E-state index in [1.807, 2.05) is 0 Å². The highest BCUT2D eigenvalue weighted by atomic mass is 79.9. The van der Waals surface area contributed by atoms with Crippen molar-refractivity contribution in [3.05, 3.63) is 69.6 Å². The first kappa shape index (κ1) is 21.5. The minimum atomic E-state index is -0.980. The van der Waals surface area contributed by atoms with Crippen LogP contribution < -0.4 is 5.32 Å². The lowest BCUT2D eigenvalue weighted by Gasteiger charge is -2.51. The Balaban J connectivity index is 1.46. The summed E-state index contributed by atoms with van der Waals surface area (Å²) in [6.07, 6.45) is 7.45. The second-order valence-corrected chi connectivity index (χ2v) is 9.59. The monoisotopic (exact) mass is 504 g/mol. The predicted octanol–water partition coefficient (Wildman–Crippen LogP) is 3.29. The SMILES string of the molecule is O=C(c1cn2ccnc2c(F)c1Cc1ccc(Br)cc1F)N1CC(O)([C@@H]2CCCCN2)C1. The summed E-state index contributed by atoms with van der Waals surface area (Å²) in [5, 5.41) is 14.3. The Kier molecular flexibility index (Phi) is 5.51. The number of imidazole rings is 1. The molecule has 0 spiro atoms. The Bertz CT molecular complexity index is 1190. The molecule has 2 saturated heterocycles. The number of carbonyl (C=O) groups is 1. The molecule has 0 radical (unpaired) electrons. The van der Waals surface area contributed by atoms with Crippen LogP contribution in [0, 0.1) is 11.6 Å². The Morgan fingerprint density at radius 1 is 1.31 bits per heavy atom. The number of benzene rings is 1. The van der Waals surface area contributed by atoms with Gasteiger partial charge in [-0.05, 0) is 37.1 Å². The van der Waals surface area contributed by atoms with Gasteiger partial charge in [0.25, 0.3) is 5.91 Å². The van der Waals surface area contributed by atoms with Crippen LogP contribution in [0.2, 0.25) is 0 Å². The molecule has 9 heteroatoms. The molecular formula is C23H23BrF2N4O2. The van der Waals surface area contributed by atoms with Crippen LogP contribution in [0.3, 0.4) is 0 Å². The van der Waals surface area contributed by atoms with E-state index >= 15 is 4.39 Å². The average Bonchev–Trinajstić information content (AvgIpc) is 3.24. The number of hydrogen-bond acceptors (Lipinski definition) is 4. The largest absolute Gasteiger partial charge is 0.385 e. The fraction of sp³-hybridized carbons (Fsp3) is 0.391. The lowest BCUT2D eigenvalue weighted by atomic mass is 9.81. The summed E-state index contributed by atoms with van der Waals surface area (Å²) in [5.41, 5.74) is -0.370. The number of likely N-dealkylation sites (tertiary alicyclic amines) is 1. The van der Waals surface area contributed by atoms with Crippen molar-refractivity contribution in [2.45, 2.75) is 37.3 Å². The number of rotatable bonds is 4. The summed E-state index contributed by atoms with van der Waals surface area (Å²) < 4.78 is 31.9. The molecule has 6 nitrogen and oxygen atoms in total. The first-order valence-electron chi connectivity index (χ1n) is 10.7. The van der Waals surface area contributed by atoms with E-state index in [0.29, 0.717) is 4.47 Å². The summed E-state index contributed by atoms with van der Waals surface area (Å²) in [6.45, 7) is 1.21. The van der Waals surface area contributed by atoms with Crippen LogP contribution in [0.15, 0.2) is 41.3 Å². The van der Waals surface area contributed by atoms with Crippen LogP contribution in [-0.2, 0) is 6.42 Å². The molecular weight excluding hydrogens is 482 g/mol. The van der Waals surface area contributed by atoms with Crippen molar-refractivity contribution in [1.82, 2.24) is 19.6 Å². The number of amides is 1. The molecule has 5 rings (SSSR count). The molecule has 0 bridgehead atoms. The average molecular weight is 505 g/mol. The molecule has 2 aromatic heterocycles. The summed E-state index contributed by atoms with van der Waals surface area (Å²) in [4.78, 5) is 18.9. The van der Waals surface area contributed by atoms with Crippen molar-refractivity contribution in [3.63, 3.8) is 0 Å². The third-order valence-corrected chi connectivity index (χ3v) is 7.00. The van der Waals surface area contributed by atoms with Gasteiger partial charge in [-0.2, -0.15) is 0 Å². The molecule has 2 N–H and O–H groups in total. The molecule has 32 heavy (non-hydrogen) atoms. The van der Waals surface area contributed by atoms with E-state index in [9.17, 15) is 14.3 Å². The summed E-state index contributed by atoms with van der Waals surface area (Å²) in [6, 6.07) is 4.51. The molecule has 3 aromatic rings. The molecule has 2 aliphatic rings. The number of β-amino-alcohol motifs (C(OH)–C–C–N with tert-alkyl or cyclic N) is 1. The van der Waals surface area contributed by atoms with Gasteiger partial charge in [-0.25, -0.2) is 13.8 Å². The van der Waals surface area contributed by atoms with Crippen LogP contribution in [-0.4, -0.2) is 56.6 Å². The van der Waals surface area contributed by atoms with E-state index in [1.54, 1.807) is 18.3 Å². The number of aliphatic hydroxyl groups is 1. The quantitative estimate of drug-likeness (QED) is 0.571. The third-order valence-electron chi connectivity index (χ3n) is 6.51. The molecule has 0 unspecified atom stereocenters. The van der Waals surface area contributed by atoms with E-state index in [1.165, 1.54) is 27.8 Å². The van der Waals surface area contributed by atoms with Gasteiger partial charge in [-0.3, -0.25) is 4.79 Å². The highest BCUT2D eigenvalue weighted by molar-refractivity contribution is 9.10. The molecule has 168 valence electrons. The maximum Gasteiger partial charge on any atom is 0.255 e. The normalized spacial score (nSPS) is 20.4. The maximum absolute atomic E-state index is 15.4. The van der Waals surface area contributed by atoms with Gasteiger partial charge in [0.2, 0.25) is 0 Å². The molecule has 2 aliphatic heterocycles. The number of carbonyl (C=O) groups excluding carboxylic acids is 1. The Labute approximate surface area is 192 Å². The van der Waals surface area contributed by atoms with Crippen molar-refractivity contribution >= 4 is 27.5 Å². The fourth-order valence-electron chi connectivity index (χ4n) is 4.73. The second-order valence-electron chi connectivity index (χ2n) is 8.67. The van der Waals surface area contributed by atoms with Crippen molar-refractivity contribution in [1.29, 1.82) is 0 Å². The van der Waals surface area contributed by atoms with Gasteiger partial charge < -0.3 is 19.7 Å². The second kappa shape index (κ2) is 8.20. The summed E-state index contributed by atoms with van der Waals surface area (Å²) in [7, 11) is 0. The minimum absolute atomic E-state index is 0.0514. The first-order chi connectivity index (χ1) is 15.4. The van der Waals surface area contributed by atoms with E-state index in [4.69, 9.17) is 0 Å². The molecule has 4 heterocycles. The van der Waals surface area contributed by atoms with Crippen LogP contribution in [0.4, 0.5) is 8.78 Å². The number of fused-ring (bicyclic) bond motifs is 1. The topological polar surface area (TPSA) is 69.9 Å². The Morgan fingerprint density at radius 2 is 2.12 bits per heavy atom. The van der Waals surface area contributed by atoms with Crippen LogP contribution in [0.1, 0.15) is 40.7 Å². The molecule has 1 aromatic carbocycles. The van der Waals surface area contributed by atoms with Gasteiger partial charge in [0.15, 0.2) is 11.5 Å². The third kappa shape index (κ3) is 3.72. The highest BCUT2D eigenvalue weighted by Crippen LogP contribution is 2.32. The van der Waals surface area contributed by atoms with Gasteiger partial charge >= 0.3 is 0 Å². The summed E-state index contributed by atoms with van der Waals surface area (Å²) in [5.74, 6) is -1.51. The van der Waals surface area contributed by atoms with Crippen molar-refractivity contribution in [2.75, 3.05) is 19.6 Å². The van der Waals surface area contributed by atoms with E-state index in [2.05, 4.69) is 26.2 Å². The lowest BCUT2D eigenvalue weighted by Crippen LogP contribution is -2.72. The van der Waals surface area contributed by atoms with Gasteiger partial charge in [-0.1, -0.05) is 28.4 Å². The predicted molar refractivity (Wildman–Crippen MR) is 119 cm³/mol. The van der Waals surface area contributed by atoms with Gasteiger partial charge in [0.1, 0.15) is 11.4 Å². The first-order valence-corrected chi connectivity index (χ1v) is 11.5. The van der Waals surface area contributed by atoms with Crippen molar-refractivity contribution in [3.8, 4) is 0 Å². The molecule has 2 fully saturated rings. The number of pyridine rings is 1. The Hall–Kier alpha value is -2.36. The lowest BCUT2D eigenvalue weighted by molar-refractivity contribution is -0.108. The Morgan fingerprint density at radius 3 is 2.84 bits per heavy atom. The van der Waals surface area contributed by atoms with Gasteiger partial charge in [0, 0.05) is 41.1 Å². The standard InChI is InChI=1S/C23H23BrF2N4O2/c24-15-5-4-14(18(25)10-15)9-16-17(11-29-8-7-28-21(29)20(16)26)22(31)30-12-23(32,13-30)19-3-1-2-6-27-19/h4-5,7-8,10-11,19,27,32H,1-3,6,9,12-13H2/t19-/m0/s1. The number of hydrogen-bond donors (Lipinski definition) is 2. The zero-order chi connectivity index (χ0) is 22.5.